The monoisotopic (exact) mass is 380 g/mol. The zero-order chi connectivity index (χ0) is 20.0. The van der Waals surface area contributed by atoms with Crippen LogP contribution in [-0.2, 0) is 14.3 Å². The van der Waals surface area contributed by atoms with E-state index in [1.807, 2.05) is 0 Å². The third-order valence-corrected chi connectivity index (χ3v) is 4.06. The molecule has 0 fully saturated rings. The summed E-state index contributed by atoms with van der Waals surface area (Å²) in [6.07, 6.45) is 0. The fraction of sp³-hybridized carbons (Fsp3) is 0.444. The molecule has 0 aliphatic carbocycles. The molecule has 1 aliphatic heterocycles. The van der Waals surface area contributed by atoms with Gasteiger partial charge in [-0.2, -0.15) is 0 Å². The minimum atomic E-state index is -0.788. The van der Waals surface area contributed by atoms with Gasteiger partial charge in [-0.3, -0.25) is 0 Å². The number of hydrogen-bond acceptors (Lipinski definition) is 7. The van der Waals surface area contributed by atoms with Gasteiger partial charge in [-0.1, -0.05) is 0 Å². The molecular weight excluding hydrogens is 356 g/mol. The SMILES string of the molecule is COCCOC(=O)C1=C(C)NC(=O)N[C@@H]1c1cc(OC)c(OC)cc1OC. The van der Waals surface area contributed by atoms with E-state index in [-0.39, 0.29) is 18.8 Å². The first kappa shape index (κ1) is 20.4. The number of carbonyl (C=O) groups is 2. The second-order valence-electron chi connectivity index (χ2n) is 5.65. The lowest BCUT2D eigenvalue weighted by Crippen LogP contribution is -2.45. The molecule has 1 heterocycles. The van der Waals surface area contributed by atoms with Crippen LogP contribution in [0.4, 0.5) is 4.79 Å². The van der Waals surface area contributed by atoms with Crippen LogP contribution in [0.2, 0.25) is 0 Å². The molecule has 9 heteroatoms. The molecule has 1 aliphatic rings. The van der Waals surface area contributed by atoms with Gasteiger partial charge in [0, 0.05) is 24.4 Å². The second kappa shape index (κ2) is 9.13. The highest BCUT2D eigenvalue weighted by Gasteiger charge is 2.34. The number of esters is 1. The molecule has 0 unspecified atom stereocenters. The maximum absolute atomic E-state index is 12.6. The van der Waals surface area contributed by atoms with Gasteiger partial charge in [0.25, 0.3) is 0 Å². The van der Waals surface area contributed by atoms with Gasteiger partial charge in [-0.25, -0.2) is 9.59 Å². The van der Waals surface area contributed by atoms with Crippen LogP contribution < -0.4 is 24.8 Å². The molecule has 1 aromatic carbocycles. The van der Waals surface area contributed by atoms with Crippen molar-refractivity contribution in [2.75, 3.05) is 41.7 Å². The number of methoxy groups -OCH3 is 4. The first-order valence-corrected chi connectivity index (χ1v) is 8.21. The van der Waals surface area contributed by atoms with Gasteiger partial charge in [0.1, 0.15) is 12.4 Å². The van der Waals surface area contributed by atoms with Crippen LogP contribution >= 0.6 is 0 Å². The van der Waals surface area contributed by atoms with Gasteiger partial charge in [0.2, 0.25) is 0 Å². The Morgan fingerprint density at radius 1 is 1.00 bits per heavy atom. The second-order valence-corrected chi connectivity index (χ2v) is 5.65. The summed E-state index contributed by atoms with van der Waals surface area (Å²) in [6.45, 7) is 1.99. The Hall–Kier alpha value is -2.94. The molecule has 0 saturated carbocycles. The molecule has 9 nitrogen and oxygen atoms in total. The smallest absolute Gasteiger partial charge is 0.338 e. The Morgan fingerprint density at radius 2 is 1.63 bits per heavy atom. The van der Waals surface area contributed by atoms with Gasteiger partial charge >= 0.3 is 12.0 Å². The number of allylic oxidation sites excluding steroid dienone is 1. The van der Waals surface area contributed by atoms with Crippen LogP contribution in [0.5, 0.6) is 17.2 Å². The van der Waals surface area contributed by atoms with E-state index in [0.29, 0.717) is 28.5 Å². The number of benzene rings is 1. The Labute approximate surface area is 157 Å². The van der Waals surface area contributed by atoms with Crippen molar-refractivity contribution in [1.82, 2.24) is 10.6 Å². The predicted molar refractivity (Wildman–Crippen MR) is 96.0 cm³/mol. The molecular formula is C18H24N2O7. The van der Waals surface area contributed by atoms with E-state index in [2.05, 4.69) is 10.6 Å². The van der Waals surface area contributed by atoms with Crippen LogP contribution in [0.25, 0.3) is 0 Å². The molecule has 0 spiro atoms. The standard InChI is InChI=1S/C18H24N2O7/c1-10-15(17(21)27-7-6-23-2)16(20-18(22)19-10)11-8-13(25-4)14(26-5)9-12(11)24-3/h8-9,16H,6-7H2,1-5H3,(H2,19,20,22)/t16-/m1/s1. The van der Waals surface area contributed by atoms with Crippen molar-refractivity contribution in [3.05, 3.63) is 29.0 Å². The lowest BCUT2D eigenvalue weighted by Gasteiger charge is -2.29. The van der Waals surface area contributed by atoms with Crippen LogP contribution in [0, 0.1) is 0 Å². The average Bonchev–Trinajstić information content (AvgIpc) is 2.66. The molecule has 2 amide bonds. The predicted octanol–water partition coefficient (Wildman–Crippen LogP) is 1.53. The fourth-order valence-corrected chi connectivity index (χ4v) is 2.77. The van der Waals surface area contributed by atoms with E-state index < -0.39 is 18.0 Å². The van der Waals surface area contributed by atoms with Gasteiger partial charge in [0.05, 0.1) is 39.6 Å². The van der Waals surface area contributed by atoms with Crippen LogP contribution in [0.3, 0.4) is 0 Å². The number of hydrogen-bond donors (Lipinski definition) is 2. The number of amides is 2. The summed E-state index contributed by atoms with van der Waals surface area (Å²) in [5.41, 5.74) is 1.18. The summed E-state index contributed by atoms with van der Waals surface area (Å²) in [7, 11) is 6.00. The van der Waals surface area contributed by atoms with Crippen molar-refractivity contribution in [2.45, 2.75) is 13.0 Å². The highest BCUT2D eigenvalue weighted by atomic mass is 16.6. The van der Waals surface area contributed by atoms with E-state index in [4.69, 9.17) is 23.7 Å². The van der Waals surface area contributed by atoms with Gasteiger partial charge in [-0.05, 0) is 13.0 Å². The van der Waals surface area contributed by atoms with Crippen LogP contribution in [0.1, 0.15) is 18.5 Å². The van der Waals surface area contributed by atoms with Crippen LogP contribution in [-0.4, -0.2) is 53.7 Å². The highest BCUT2D eigenvalue weighted by Crippen LogP contribution is 2.40. The number of rotatable bonds is 8. The fourth-order valence-electron chi connectivity index (χ4n) is 2.77. The lowest BCUT2D eigenvalue weighted by molar-refractivity contribution is -0.140. The van der Waals surface area contributed by atoms with E-state index in [9.17, 15) is 9.59 Å². The van der Waals surface area contributed by atoms with E-state index >= 15 is 0 Å². The zero-order valence-corrected chi connectivity index (χ0v) is 16.0. The third-order valence-electron chi connectivity index (χ3n) is 4.06. The summed E-state index contributed by atoms with van der Waals surface area (Å²) in [4.78, 5) is 24.7. The maximum atomic E-state index is 12.6. The Bertz CT molecular complexity index is 745. The maximum Gasteiger partial charge on any atom is 0.338 e. The lowest BCUT2D eigenvalue weighted by atomic mass is 9.94. The van der Waals surface area contributed by atoms with Crippen molar-refractivity contribution < 1.29 is 33.3 Å². The molecule has 0 bridgehead atoms. The summed E-state index contributed by atoms with van der Waals surface area (Å²) in [6, 6.07) is 2.06. The summed E-state index contributed by atoms with van der Waals surface area (Å²) >= 11 is 0. The summed E-state index contributed by atoms with van der Waals surface area (Å²) in [5, 5.41) is 5.32. The van der Waals surface area contributed by atoms with Gasteiger partial charge < -0.3 is 34.3 Å². The molecule has 148 valence electrons. The number of nitrogens with one attached hydrogen (secondary N) is 2. The first-order valence-electron chi connectivity index (χ1n) is 8.21. The number of urea groups is 1. The van der Waals surface area contributed by atoms with E-state index in [1.165, 1.54) is 28.4 Å². The van der Waals surface area contributed by atoms with Crippen molar-refractivity contribution >= 4 is 12.0 Å². The molecule has 0 saturated heterocycles. The number of ether oxygens (including phenoxy) is 5. The van der Waals surface area contributed by atoms with Crippen molar-refractivity contribution in [3.63, 3.8) is 0 Å². The topological polar surface area (TPSA) is 104 Å². The van der Waals surface area contributed by atoms with Crippen molar-refractivity contribution in [3.8, 4) is 17.2 Å². The molecule has 0 aromatic heterocycles. The van der Waals surface area contributed by atoms with Crippen molar-refractivity contribution in [1.29, 1.82) is 0 Å². The molecule has 27 heavy (non-hydrogen) atoms. The quantitative estimate of drug-likeness (QED) is 0.521. The largest absolute Gasteiger partial charge is 0.496 e. The highest BCUT2D eigenvalue weighted by molar-refractivity contribution is 5.95. The molecule has 1 aromatic rings. The molecule has 2 N–H and O–H groups in total. The average molecular weight is 380 g/mol. The zero-order valence-electron chi connectivity index (χ0n) is 16.0. The van der Waals surface area contributed by atoms with Gasteiger partial charge in [-0.15, -0.1) is 0 Å². The van der Waals surface area contributed by atoms with Gasteiger partial charge in [0.15, 0.2) is 11.5 Å². The normalized spacial score (nSPS) is 16.3. The Morgan fingerprint density at radius 3 is 2.22 bits per heavy atom. The van der Waals surface area contributed by atoms with Crippen LogP contribution in [0.15, 0.2) is 23.4 Å². The Balaban J connectivity index is 2.51. The van der Waals surface area contributed by atoms with E-state index in [1.54, 1.807) is 19.1 Å². The summed E-state index contributed by atoms with van der Waals surface area (Å²) < 4.78 is 26.2. The molecule has 2 rings (SSSR count). The first-order chi connectivity index (χ1) is 13.0. The van der Waals surface area contributed by atoms with Crippen molar-refractivity contribution in [2.24, 2.45) is 0 Å². The summed E-state index contributed by atoms with van der Waals surface area (Å²) in [5.74, 6) is 0.753. The molecule has 0 radical (unpaired) electrons. The Kier molecular flexibility index (Phi) is 6.89. The van der Waals surface area contributed by atoms with E-state index in [0.717, 1.165) is 0 Å². The third kappa shape index (κ3) is 4.43. The minimum Gasteiger partial charge on any atom is -0.496 e. The number of carbonyl (C=O) groups excluding carboxylic acids is 2. The molecule has 1 atom stereocenters. The minimum absolute atomic E-state index is 0.0931.